The number of nitrogens with two attached hydrogens (primary N) is 5. The van der Waals surface area contributed by atoms with Crippen molar-refractivity contribution in [1.29, 1.82) is 0 Å². The number of aliphatic hydroxyl groups is 1. The predicted molar refractivity (Wildman–Crippen MR) is 60.6 cm³/mol. The van der Waals surface area contributed by atoms with E-state index >= 15 is 0 Å². The van der Waals surface area contributed by atoms with Crippen molar-refractivity contribution >= 4 is 15.0 Å². The Bertz CT molecular complexity index is 449. The molecule has 1 heterocycles. The summed E-state index contributed by atoms with van der Waals surface area (Å²) in [6.07, 6.45) is 3.49. The van der Waals surface area contributed by atoms with E-state index in [1.807, 2.05) is 0 Å². The van der Waals surface area contributed by atoms with Crippen LogP contribution in [0.25, 0.3) is 0 Å². The van der Waals surface area contributed by atoms with Crippen LogP contribution in [0, 0.1) is 0 Å². The van der Waals surface area contributed by atoms with Gasteiger partial charge in [0, 0.05) is 0 Å². The standard InChI is InChI=1S/C5H14N6O3P2/c6-5(15(7,8)13)3-1-2-4(12)11(5)16(9,10)14/h1-3,12H,6H2,(H4,7,8,13)(H4,9,10,14). The number of allylic oxidation sites excluding steroid dienone is 2. The van der Waals surface area contributed by atoms with Crippen LogP contribution >= 0.6 is 15.0 Å². The lowest BCUT2D eigenvalue weighted by atomic mass is 10.3. The third kappa shape index (κ3) is 2.07. The van der Waals surface area contributed by atoms with Crippen molar-refractivity contribution in [2.75, 3.05) is 0 Å². The largest absolute Gasteiger partial charge is 0.494 e. The predicted octanol–water partition coefficient (Wildman–Crippen LogP) is -0.994. The molecule has 0 aromatic heterocycles. The number of hydrogen-bond donors (Lipinski definition) is 6. The molecule has 1 aliphatic heterocycles. The van der Waals surface area contributed by atoms with E-state index in [1.165, 1.54) is 6.08 Å². The van der Waals surface area contributed by atoms with Crippen LogP contribution in [0.2, 0.25) is 0 Å². The molecule has 9 nitrogen and oxygen atoms in total. The lowest BCUT2D eigenvalue weighted by Crippen LogP contribution is -2.57. The van der Waals surface area contributed by atoms with E-state index in [9.17, 15) is 14.2 Å². The normalized spacial score (nSPS) is 26.8. The van der Waals surface area contributed by atoms with Crippen LogP contribution in [0.3, 0.4) is 0 Å². The maximum absolute atomic E-state index is 11.7. The van der Waals surface area contributed by atoms with Crippen LogP contribution < -0.4 is 27.8 Å². The summed E-state index contributed by atoms with van der Waals surface area (Å²) < 4.78 is 23.7. The van der Waals surface area contributed by atoms with Crippen molar-refractivity contribution in [1.82, 2.24) is 4.67 Å². The highest BCUT2D eigenvalue weighted by Gasteiger charge is 2.51. The van der Waals surface area contributed by atoms with Gasteiger partial charge in [0.15, 0.2) is 11.3 Å². The zero-order valence-electron chi connectivity index (χ0n) is 8.22. The van der Waals surface area contributed by atoms with Crippen molar-refractivity contribution in [2.45, 2.75) is 5.40 Å². The number of nitrogens with zero attached hydrogens (tertiary/aromatic N) is 1. The summed E-state index contributed by atoms with van der Waals surface area (Å²) in [7, 11) is -7.97. The fourth-order valence-corrected chi connectivity index (χ4v) is 3.79. The van der Waals surface area contributed by atoms with Gasteiger partial charge in [-0.15, -0.1) is 0 Å². The summed E-state index contributed by atoms with van der Waals surface area (Å²) in [5.74, 6) is -0.616. The zero-order chi connectivity index (χ0) is 12.8. The van der Waals surface area contributed by atoms with E-state index in [0.29, 0.717) is 4.67 Å². The number of aliphatic hydroxyl groups excluding tert-OH is 1. The molecule has 16 heavy (non-hydrogen) atoms. The van der Waals surface area contributed by atoms with Crippen LogP contribution in [-0.4, -0.2) is 15.2 Å². The molecule has 1 atom stereocenters. The highest BCUT2D eigenvalue weighted by atomic mass is 31.2. The Kier molecular flexibility index (Phi) is 3.08. The van der Waals surface area contributed by atoms with Crippen molar-refractivity contribution in [2.24, 2.45) is 27.8 Å². The van der Waals surface area contributed by atoms with Crippen LogP contribution in [0.1, 0.15) is 0 Å². The Labute approximate surface area is 91.9 Å². The van der Waals surface area contributed by atoms with Gasteiger partial charge in [-0.2, -0.15) is 0 Å². The maximum Gasteiger partial charge on any atom is 0.305 e. The van der Waals surface area contributed by atoms with E-state index in [-0.39, 0.29) is 0 Å². The monoisotopic (exact) mass is 268 g/mol. The average Bonchev–Trinajstić information content (AvgIpc) is 1.98. The molecular formula is C5H14N6O3P2. The minimum absolute atomic E-state index is 0.473. The minimum Gasteiger partial charge on any atom is -0.494 e. The maximum atomic E-state index is 11.7. The Morgan fingerprint density at radius 1 is 1.25 bits per heavy atom. The molecule has 0 saturated carbocycles. The van der Waals surface area contributed by atoms with Crippen LogP contribution in [-0.2, 0) is 9.13 Å². The Morgan fingerprint density at radius 2 is 1.75 bits per heavy atom. The molecule has 0 radical (unpaired) electrons. The van der Waals surface area contributed by atoms with Gasteiger partial charge in [-0.1, -0.05) is 6.08 Å². The van der Waals surface area contributed by atoms with Crippen LogP contribution in [0.15, 0.2) is 24.1 Å². The van der Waals surface area contributed by atoms with Gasteiger partial charge in [-0.3, -0.25) is 36.9 Å². The second kappa shape index (κ2) is 3.68. The molecule has 0 amide bonds. The molecule has 0 fully saturated rings. The van der Waals surface area contributed by atoms with E-state index in [0.717, 1.165) is 12.2 Å². The summed E-state index contributed by atoms with van der Waals surface area (Å²) in [6.45, 7) is 0. The van der Waals surface area contributed by atoms with E-state index in [4.69, 9.17) is 27.8 Å². The summed E-state index contributed by atoms with van der Waals surface area (Å²) in [6, 6.07) is 0. The third-order valence-electron chi connectivity index (χ3n) is 2.02. The minimum atomic E-state index is -4.01. The molecule has 92 valence electrons. The van der Waals surface area contributed by atoms with E-state index in [1.54, 1.807) is 0 Å². The Balaban J connectivity index is 3.41. The van der Waals surface area contributed by atoms with Gasteiger partial charge < -0.3 is 5.11 Å². The third-order valence-corrected chi connectivity index (χ3v) is 4.80. The van der Waals surface area contributed by atoms with Crippen molar-refractivity contribution < 1.29 is 14.2 Å². The summed E-state index contributed by atoms with van der Waals surface area (Å²) in [5.41, 5.74) is 26.5. The smallest absolute Gasteiger partial charge is 0.305 e. The molecule has 0 aliphatic carbocycles. The number of hydrogen-bond acceptors (Lipinski definition) is 4. The SMILES string of the molecule is NC1(P(N)(N)=O)C=CC=C(O)N1P(N)(N)=O. The van der Waals surface area contributed by atoms with Gasteiger partial charge in [0.1, 0.15) is 0 Å². The molecule has 0 aromatic carbocycles. The first kappa shape index (κ1) is 13.4. The van der Waals surface area contributed by atoms with Gasteiger partial charge in [-0.05, 0) is 12.2 Å². The molecule has 11 N–H and O–H groups in total. The lowest BCUT2D eigenvalue weighted by Gasteiger charge is -2.43. The van der Waals surface area contributed by atoms with Crippen LogP contribution in [0.5, 0.6) is 0 Å². The highest BCUT2D eigenvalue weighted by molar-refractivity contribution is 7.63. The Hall–Kier alpha value is -0.660. The number of rotatable bonds is 2. The molecule has 0 spiro atoms. The van der Waals surface area contributed by atoms with Gasteiger partial charge in [0.2, 0.25) is 7.44 Å². The molecule has 11 heteroatoms. The van der Waals surface area contributed by atoms with Crippen molar-refractivity contribution in [3.8, 4) is 0 Å². The van der Waals surface area contributed by atoms with Crippen molar-refractivity contribution in [3.63, 3.8) is 0 Å². The zero-order valence-corrected chi connectivity index (χ0v) is 10.0. The van der Waals surface area contributed by atoms with Crippen LogP contribution in [0.4, 0.5) is 0 Å². The van der Waals surface area contributed by atoms with Gasteiger partial charge >= 0.3 is 7.59 Å². The second-order valence-corrected chi connectivity index (χ2v) is 7.24. The fraction of sp³-hybridized carbons (Fsp3) is 0.200. The average molecular weight is 268 g/mol. The molecule has 1 aliphatic rings. The summed E-state index contributed by atoms with van der Waals surface area (Å²) in [5, 5.41) is 7.42. The molecule has 0 saturated heterocycles. The highest BCUT2D eigenvalue weighted by Crippen LogP contribution is 2.54. The lowest BCUT2D eigenvalue weighted by molar-refractivity contribution is 0.231. The first-order chi connectivity index (χ1) is 7.00. The van der Waals surface area contributed by atoms with Crippen molar-refractivity contribution in [3.05, 3.63) is 24.1 Å². The first-order valence-electron chi connectivity index (χ1n) is 4.03. The van der Waals surface area contributed by atoms with E-state index < -0.39 is 26.3 Å². The van der Waals surface area contributed by atoms with Gasteiger partial charge in [-0.25, -0.2) is 4.67 Å². The topological polar surface area (TPSA) is 188 Å². The van der Waals surface area contributed by atoms with E-state index in [2.05, 4.69) is 0 Å². The Morgan fingerprint density at radius 3 is 2.06 bits per heavy atom. The summed E-state index contributed by atoms with van der Waals surface area (Å²) >= 11 is 0. The quantitative estimate of drug-likeness (QED) is 0.341. The molecule has 0 bridgehead atoms. The molecule has 1 rings (SSSR count). The van der Waals surface area contributed by atoms with Gasteiger partial charge in [0.25, 0.3) is 0 Å². The molecule has 1 unspecified atom stereocenters. The second-order valence-electron chi connectivity index (χ2n) is 3.36. The molecule has 0 aromatic rings. The molecular weight excluding hydrogens is 254 g/mol. The van der Waals surface area contributed by atoms with Gasteiger partial charge in [0.05, 0.1) is 0 Å². The first-order valence-corrected chi connectivity index (χ1v) is 7.67. The summed E-state index contributed by atoms with van der Waals surface area (Å²) in [4.78, 5) is 0. The fourth-order valence-electron chi connectivity index (χ4n) is 1.28.